The standard InChI is InChI=1S/C30H32FN5O7/c1-16(37)25(32)24-15-36(30(41)43-24)18-5-7-22(21(31)13-18)33-9-11-34(12-10-33)23-8-6-19-26(28(23)42-2)35(17-3-4-17)14-20(27(19)38)29(39)40/h5-8,13-14,17,24-25H,3-4,9-12,15,32H2,1-2H3,(H,39,40)/t24-,25?/m0/s1. The Bertz CT molecular complexity index is 1700. The topological polar surface area (TPSA) is 148 Å². The number of carbonyl (C=O) groups excluding carboxylic acids is 2. The molecule has 3 aliphatic rings. The summed E-state index contributed by atoms with van der Waals surface area (Å²) in [5.74, 6) is -1.56. The molecule has 12 nitrogen and oxygen atoms in total. The number of carboxylic acid groups (broad SMARTS) is 1. The van der Waals surface area contributed by atoms with Crippen molar-refractivity contribution in [3.63, 3.8) is 0 Å². The minimum absolute atomic E-state index is 0.0524. The molecule has 1 aliphatic carbocycles. The van der Waals surface area contributed by atoms with Gasteiger partial charge in [0.2, 0.25) is 5.43 Å². The summed E-state index contributed by atoms with van der Waals surface area (Å²) in [5.41, 5.74) is 7.08. The maximum atomic E-state index is 15.4. The van der Waals surface area contributed by atoms with Crippen molar-refractivity contribution in [3.8, 4) is 5.75 Å². The van der Waals surface area contributed by atoms with Crippen LogP contribution in [0.4, 0.5) is 26.2 Å². The zero-order valence-corrected chi connectivity index (χ0v) is 23.8. The van der Waals surface area contributed by atoms with Crippen LogP contribution < -0.4 is 30.6 Å². The molecule has 2 atom stereocenters. The largest absolute Gasteiger partial charge is 0.492 e. The zero-order valence-electron chi connectivity index (χ0n) is 23.8. The van der Waals surface area contributed by atoms with E-state index < -0.39 is 35.5 Å². The molecule has 1 amide bonds. The Hall–Kier alpha value is -4.65. The molecule has 1 unspecified atom stereocenters. The quantitative estimate of drug-likeness (QED) is 0.400. The van der Waals surface area contributed by atoms with E-state index in [-0.39, 0.29) is 23.9 Å². The second-order valence-corrected chi connectivity index (χ2v) is 11.1. The number of benzene rings is 2. The van der Waals surface area contributed by atoms with E-state index in [9.17, 15) is 24.3 Å². The van der Waals surface area contributed by atoms with Gasteiger partial charge in [-0.2, -0.15) is 0 Å². The Labute approximate surface area is 246 Å². The first-order chi connectivity index (χ1) is 20.6. The fourth-order valence-electron chi connectivity index (χ4n) is 5.90. The molecule has 43 heavy (non-hydrogen) atoms. The number of anilines is 3. The third-order valence-corrected chi connectivity index (χ3v) is 8.41. The predicted octanol–water partition coefficient (Wildman–Crippen LogP) is 2.75. The molecule has 1 saturated carbocycles. The van der Waals surface area contributed by atoms with Crippen LogP contribution in [-0.2, 0) is 9.53 Å². The summed E-state index contributed by atoms with van der Waals surface area (Å²) in [6.07, 6.45) is 1.71. The van der Waals surface area contributed by atoms with E-state index in [1.165, 1.54) is 31.2 Å². The number of halogens is 1. The number of nitrogens with two attached hydrogens (primary N) is 1. The molecule has 0 bridgehead atoms. The van der Waals surface area contributed by atoms with Gasteiger partial charge in [-0.05, 0) is 50.1 Å². The first-order valence-electron chi connectivity index (χ1n) is 14.1. The van der Waals surface area contributed by atoms with E-state index in [0.717, 1.165) is 18.5 Å². The number of fused-ring (bicyclic) bond motifs is 1. The Morgan fingerprint density at radius 2 is 1.72 bits per heavy atom. The van der Waals surface area contributed by atoms with E-state index in [1.807, 2.05) is 9.47 Å². The van der Waals surface area contributed by atoms with Crippen molar-refractivity contribution < 1.29 is 33.4 Å². The number of pyridine rings is 1. The average molecular weight is 594 g/mol. The van der Waals surface area contributed by atoms with Crippen LogP contribution in [0.5, 0.6) is 5.75 Å². The van der Waals surface area contributed by atoms with Crippen molar-refractivity contribution in [2.45, 2.75) is 38.0 Å². The van der Waals surface area contributed by atoms with E-state index in [2.05, 4.69) is 4.90 Å². The van der Waals surface area contributed by atoms with Gasteiger partial charge < -0.3 is 34.7 Å². The molecule has 0 radical (unpaired) electrons. The third-order valence-electron chi connectivity index (χ3n) is 8.41. The van der Waals surface area contributed by atoms with Crippen LogP contribution in [-0.4, -0.2) is 79.5 Å². The number of Topliss-reactive ketones (excluding diaryl/α,β-unsaturated/α-hetero) is 1. The van der Waals surface area contributed by atoms with Crippen molar-refractivity contribution in [3.05, 3.63) is 58.1 Å². The number of methoxy groups -OCH3 is 1. The van der Waals surface area contributed by atoms with Crippen LogP contribution in [0.15, 0.2) is 41.3 Å². The van der Waals surface area contributed by atoms with Gasteiger partial charge in [0, 0.05) is 38.4 Å². The molecular weight excluding hydrogens is 561 g/mol. The molecule has 6 rings (SSSR count). The van der Waals surface area contributed by atoms with Gasteiger partial charge in [0.1, 0.15) is 29.3 Å². The van der Waals surface area contributed by atoms with Crippen molar-refractivity contribution in [1.29, 1.82) is 0 Å². The molecule has 1 aromatic heterocycles. The highest BCUT2D eigenvalue weighted by molar-refractivity contribution is 5.97. The Morgan fingerprint density at radius 1 is 1.07 bits per heavy atom. The fraction of sp³-hybridized carbons (Fsp3) is 0.400. The van der Waals surface area contributed by atoms with Crippen molar-refractivity contribution in [1.82, 2.24) is 4.57 Å². The smallest absolute Gasteiger partial charge is 0.414 e. The highest BCUT2D eigenvalue weighted by Crippen LogP contribution is 2.43. The molecule has 3 aromatic rings. The van der Waals surface area contributed by atoms with E-state index >= 15 is 4.39 Å². The van der Waals surface area contributed by atoms with Gasteiger partial charge in [-0.3, -0.25) is 14.5 Å². The molecule has 3 N–H and O–H groups in total. The monoisotopic (exact) mass is 593 g/mol. The number of hydrogen-bond acceptors (Lipinski definition) is 9. The Balaban J connectivity index is 1.22. The second kappa shape index (κ2) is 10.9. The highest BCUT2D eigenvalue weighted by atomic mass is 19.1. The van der Waals surface area contributed by atoms with Crippen LogP contribution in [0, 0.1) is 5.82 Å². The number of hydrogen-bond donors (Lipinski definition) is 2. The second-order valence-electron chi connectivity index (χ2n) is 11.1. The number of aromatic nitrogens is 1. The first kappa shape index (κ1) is 28.5. The lowest BCUT2D eigenvalue weighted by Gasteiger charge is -2.38. The van der Waals surface area contributed by atoms with Crippen molar-refractivity contribution in [2.75, 3.05) is 54.5 Å². The molecule has 2 aromatic carbocycles. The van der Waals surface area contributed by atoms with E-state index in [4.69, 9.17) is 15.2 Å². The lowest BCUT2D eigenvalue weighted by Crippen LogP contribution is -2.47. The van der Waals surface area contributed by atoms with E-state index in [1.54, 1.807) is 24.3 Å². The summed E-state index contributed by atoms with van der Waals surface area (Å²) in [4.78, 5) is 54.0. The van der Waals surface area contributed by atoms with Gasteiger partial charge in [-0.25, -0.2) is 14.0 Å². The average Bonchev–Trinajstić information content (AvgIpc) is 3.76. The molecule has 0 spiro atoms. The van der Waals surface area contributed by atoms with Crippen LogP contribution in [0.1, 0.15) is 36.2 Å². The molecule has 2 saturated heterocycles. The van der Waals surface area contributed by atoms with E-state index in [0.29, 0.717) is 54.2 Å². The molecular formula is C30H32FN5O7. The normalized spacial score (nSPS) is 19.5. The number of rotatable bonds is 8. The van der Waals surface area contributed by atoms with Crippen LogP contribution in [0.3, 0.4) is 0 Å². The predicted molar refractivity (Wildman–Crippen MR) is 157 cm³/mol. The molecule has 13 heteroatoms. The number of nitrogens with zero attached hydrogens (tertiary/aromatic N) is 4. The highest BCUT2D eigenvalue weighted by Gasteiger charge is 2.38. The lowest BCUT2D eigenvalue weighted by molar-refractivity contribution is -0.120. The summed E-state index contributed by atoms with van der Waals surface area (Å²) in [6, 6.07) is 7.13. The van der Waals surface area contributed by atoms with Crippen LogP contribution in [0.25, 0.3) is 10.9 Å². The number of carbonyl (C=O) groups is 3. The van der Waals surface area contributed by atoms with Gasteiger partial charge in [0.15, 0.2) is 5.75 Å². The van der Waals surface area contributed by atoms with Gasteiger partial charge >= 0.3 is 12.1 Å². The number of ether oxygens (including phenoxy) is 2. The number of carboxylic acids is 1. The zero-order chi connectivity index (χ0) is 30.6. The van der Waals surface area contributed by atoms with Gasteiger partial charge in [0.05, 0.1) is 41.6 Å². The molecule has 2 aliphatic heterocycles. The Morgan fingerprint density at radius 3 is 2.30 bits per heavy atom. The van der Waals surface area contributed by atoms with Crippen LogP contribution in [0.2, 0.25) is 0 Å². The minimum atomic E-state index is -1.26. The summed E-state index contributed by atoms with van der Waals surface area (Å²) < 4.78 is 28.3. The van der Waals surface area contributed by atoms with Crippen LogP contribution >= 0.6 is 0 Å². The number of ketones is 1. The maximum absolute atomic E-state index is 15.4. The summed E-state index contributed by atoms with van der Waals surface area (Å²) in [6.45, 7) is 3.43. The number of aromatic carboxylic acids is 1. The fourth-order valence-corrected chi connectivity index (χ4v) is 5.90. The SMILES string of the molecule is COc1c(N2CCN(c3ccc(N4C[C@@H](C(N)C(C)=O)OC4=O)cc3F)CC2)ccc2c(=O)c(C(=O)O)cn(C3CC3)c12. The minimum Gasteiger partial charge on any atom is -0.492 e. The summed E-state index contributed by atoms with van der Waals surface area (Å²) >= 11 is 0. The molecule has 226 valence electrons. The molecule has 3 heterocycles. The Kier molecular flexibility index (Phi) is 7.20. The number of piperazine rings is 1. The molecule has 3 fully saturated rings. The van der Waals surface area contributed by atoms with Crippen molar-refractivity contribution in [2.24, 2.45) is 5.73 Å². The number of cyclic esters (lactones) is 1. The maximum Gasteiger partial charge on any atom is 0.414 e. The van der Waals surface area contributed by atoms with Gasteiger partial charge in [-0.1, -0.05) is 0 Å². The lowest BCUT2D eigenvalue weighted by atomic mass is 10.1. The number of amides is 1. The third kappa shape index (κ3) is 5.03. The summed E-state index contributed by atoms with van der Waals surface area (Å²) in [5, 5.41) is 9.88. The van der Waals surface area contributed by atoms with Gasteiger partial charge in [-0.15, -0.1) is 0 Å². The first-order valence-corrected chi connectivity index (χ1v) is 14.1. The van der Waals surface area contributed by atoms with Gasteiger partial charge in [0.25, 0.3) is 0 Å². The van der Waals surface area contributed by atoms with Crippen molar-refractivity contribution >= 4 is 45.8 Å². The summed E-state index contributed by atoms with van der Waals surface area (Å²) in [7, 11) is 1.53.